The number of aliphatic carboxylic acids is 1. The number of carboxylic acids is 1. The molecule has 14 nitrogen and oxygen atoms in total. The van der Waals surface area contributed by atoms with Gasteiger partial charge >= 0.3 is 5.97 Å². The van der Waals surface area contributed by atoms with Gasteiger partial charge in [0.1, 0.15) is 23.9 Å². The summed E-state index contributed by atoms with van der Waals surface area (Å²) in [7, 11) is 0. The Labute approximate surface area is 229 Å². The van der Waals surface area contributed by atoms with Crippen LogP contribution in [0.3, 0.4) is 0 Å². The predicted molar refractivity (Wildman–Crippen MR) is 141 cm³/mol. The van der Waals surface area contributed by atoms with Crippen molar-refractivity contribution >= 4 is 35.5 Å². The summed E-state index contributed by atoms with van der Waals surface area (Å²) < 4.78 is 0. The van der Waals surface area contributed by atoms with Crippen molar-refractivity contribution in [3.05, 3.63) is 65.7 Å². The Morgan fingerprint density at radius 3 is 1.68 bits per heavy atom. The maximum Gasteiger partial charge on any atom is 0.326 e. The van der Waals surface area contributed by atoms with Crippen LogP contribution in [0.15, 0.2) is 54.6 Å². The van der Waals surface area contributed by atoms with E-state index in [-0.39, 0.29) is 18.6 Å². The first-order valence-electron chi connectivity index (χ1n) is 12.1. The number of phenolic OH excluding ortho intramolecular Hbond substituents is 1. The molecule has 0 spiro atoms. The van der Waals surface area contributed by atoms with Gasteiger partial charge in [0.15, 0.2) is 0 Å². The third-order valence-corrected chi connectivity index (χ3v) is 5.70. The van der Waals surface area contributed by atoms with Crippen molar-refractivity contribution in [1.29, 1.82) is 0 Å². The molecule has 0 saturated carbocycles. The number of nitrogens with two attached hydrogens (primary N) is 3. The van der Waals surface area contributed by atoms with Crippen molar-refractivity contribution in [2.75, 3.05) is 0 Å². The molecule has 40 heavy (non-hydrogen) atoms. The highest BCUT2D eigenvalue weighted by Crippen LogP contribution is 2.12. The van der Waals surface area contributed by atoms with Crippen LogP contribution < -0.4 is 33.2 Å². The van der Waals surface area contributed by atoms with Crippen LogP contribution in [0.4, 0.5) is 0 Å². The van der Waals surface area contributed by atoms with Crippen LogP contribution in [0.5, 0.6) is 5.75 Å². The minimum Gasteiger partial charge on any atom is -0.508 e. The average molecular weight is 557 g/mol. The molecule has 5 amide bonds. The van der Waals surface area contributed by atoms with Crippen molar-refractivity contribution in [2.45, 2.75) is 49.9 Å². The maximum absolute atomic E-state index is 13.2. The zero-order chi connectivity index (χ0) is 29.8. The van der Waals surface area contributed by atoms with Crippen LogP contribution >= 0.6 is 0 Å². The maximum atomic E-state index is 13.2. The van der Waals surface area contributed by atoms with E-state index in [0.29, 0.717) is 5.56 Å². The lowest BCUT2D eigenvalue weighted by Gasteiger charge is -2.25. The van der Waals surface area contributed by atoms with Gasteiger partial charge in [0.2, 0.25) is 29.5 Å². The van der Waals surface area contributed by atoms with Crippen molar-refractivity contribution in [3.8, 4) is 5.75 Å². The van der Waals surface area contributed by atoms with E-state index in [1.54, 1.807) is 30.3 Å². The topological polar surface area (TPSA) is 257 Å². The van der Waals surface area contributed by atoms with Gasteiger partial charge < -0.3 is 43.4 Å². The van der Waals surface area contributed by atoms with E-state index >= 15 is 0 Å². The molecule has 0 aromatic heterocycles. The van der Waals surface area contributed by atoms with E-state index in [0.717, 1.165) is 5.56 Å². The molecule has 2 aromatic carbocycles. The second-order valence-electron chi connectivity index (χ2n) is 9.03. The number of primary amides is 2. The van der Waals surface area contributed by atoms with Gasteiger partial charge in [0, 0.05) is 6.42 Å². The molecule has 2 rings (SSSR count). The van der Waals surface area contributed by atoms with Gasteiger partial charge in [0.25, 0.3) is 0 Å². The fraction of sp³-hybridized carbons (Fsp3) is 0.308. The third kappa shape index (κ3) is 10.4. The van der Waals surface area contributed by atoms with E-state index in [1.807, 2.05) is 0 Å². The molecule has 0 saturated heterocycles. The number of carbonyl (C=O) groups excluding carboxylic acids is 5. The van der Waals surface area contributed by atoms with Crippen LogP contribution in [0.2, 0.25) is 0 Å². The molecule has 0 fully saturated rings. The van der Waals surface area contributed by atoms with Gasteiger partial charge in [-0.1, -0.05) is 42.5 Å². The molecule has 214 valence electrons. The molecule has 11 N–H and O–H groups in total. The van der Waals surface area contributed by atoms with Crippen LogP contribution in [0.1, 0.15) is 24.0 Å². The largest absolute Gasteiger partial charge is 0.508 e. The number of rotatable bonds is 15. The van der Waals surface area contributed by atoms with E-state index < -0.39 is 72.5 Å². The van der Waals surface area contributed by atoms with Crippen molar-refractivity contribution < 1.29 is 39.0 Å². The molecule has 0 aliphatic heterocycles. The molecular weight excluding hydrogens is 524 g/mol. The Morgan fingerprint density at radius 2 is 1.12 bits per heavy atom. The number of benzene rings is 2. The fourth-order valence-corrected chi connectivity index (χ4v) is 3.67. The van der Waals surface area contributed by atoms with Crippen molar-refractivity contribution in [1.82, 2.24) is 16.0 Å². The number of carboxylic acid groups (broad SMARTS) is 1. The monoisotopic (exact) mass is 556 g/mol. The standard InChI is InChI=1S/C26H32N6O8/c27-17(10-14-4-2-1-3-5-14)23(36)30-19(12-21(28)34)25(38)31-18(11-15-6-8-16(33)9-7-15)24(37)32-20(26(39)40)13-22(29)35/h1-9,17-20,33H,10-13,27H2,(H2,28,34)(H2,29,35)(H,30,36)(H,31,38)(H,32,37)(H,39,40)/t17-,18-,19-,20-/m0/s1. The minimum atomic E-state index is -1.68. The zero-order valence-corrected chi connectivity index (χ0v) is 21.4. The van der Waals surface area contributed by atoms with Crippen LogP contribution in [-0.4, -0.2) is 69.9 Å². The van der Waals surface area contributed by atoms with Crippen molar-refractivity contribution in [2.24, 2.45) is 17.2 Å². The number of aromatic hydroxyl groups is 1. The molecule has 0 heterocycles. The van der Waals surface area contributed by atoms with E-state index in [1.165, 1.54) is 24.3 Å². The lowest BCUT2D eigenvalue weighted by atomic mass is 10.0. The van der Waals surface area contributed by atoms with Crippen LogP contribution in [0.25, 0.3) is 0 Å². The third-order valence-electron chi connectivity index (χ3n) is 5.70. The number of amides is 5. The quantitative estimate of drug-likeness (QED) is 0.118. The number of carbonyl (C=O) groups is 6. The summed E-state index contributed by atoms with van der Waals surface area (Å²) in [5.41, 5.74) is 17.5. The number of hydrogen-bond donors (Lipinski definition) is 8. The summed E-state index contributed by atoms with van der Waals surface area (Å²) in [4.78, 5) is 73.4. The first-order chi connectivity index (χ1) is 18.8. The second kappa shape index (κ2) is 14.8. The van der Waals surface area contributed by atoms with Gasteiger partial charge in [-0.25, -0.2) is 4.79 Å². The molecule has 0 bridgehead atoms. The summed E-state index contributed by atoms with van der Waals surface area (Å²) >= 11 is 0. The molecular formula is C26H32N6O8. The normalized spacial score (nSPS) is 13.6. The van der Waals surface area contributed by atoms with Gasteiger partial charge in [0.05, 0.1) is 18.9 Å². The lowest BCUT2D eigenvalue weighted by molar-refractivity contribution is -0.143. The SMILES string of the molecule is NC(=O)C[C@H](NC(=O)[C@H](Cc1ccc(O)cc1)NC(=O)[C@H](CC(N)=O)NC(=O)[C@@H](N)Cc1ccccc1)C(=O)O. The molecule has 0 radical (unpaired) electrons. The van der Waals surface area contributed by atoms with Crippen molar-refractivity contribution in [3.63, 3.8) is 0 Å². The molecule has 4 atom stereocenters. The zero-order valence-electron chi connectivity index (χ0n) is 21.4. The number of nitrogens with one attached hydrogen (secondary N) is 3. The van der Waals surface area contributed by atoms with Crippen LogP contribution in [-0.2, 0) is 41.6 Å². The Kier molecular flexibility index (Phi) is 11.6. The first-order valence-corrected chi connectivity index (χ1v) is 12.1. The Hall–Kier alpha value is -4.98. The summed E-state index contributed by atoms with van der Waals surface area (Å²) in [6, 6.07) is 8.74. The molecule has 0 aliphatic rings. The van der Waals surface area contributed by atoms with E-state index in [2.05, 4.69) is 16.0 Å². The fourth-order valence-electron chi connectivity index (χ4n) is 3.67. The molecule has 0 unspecified atom stereocenters. The van der Waals surface area contributed by atoms with E-state index in [9.17, 15) is 39.0 Å². The highest BCUT2D eigenvalue weighted by atomic mass is 16.4. The Balaban J connectivity index is 2.23. The number of phenols is 1. The minimum absolute atomic E-state index is 0.0581. The summed E-state index contributed by atoms with van der Waals surface area (Å²) in [5.74, 6) is -6.21. The highest BCUT2D eigenvalue weighted by Gasteiger charge is 2.31. The van der Waals surface area contributed by atoms with Gasteiger partial charge in [-0.15, -0.1) is 0 Å². The van der Waals surface area contributed by atoms with Crippen LogP contribution in [0, 0.1) is 0 Å². The predicted octanol–water partition coefficient (Wildman–Crippen LogP) is -2.21. The molecule has 0 aliphatic carbocycles. The van der Waals surface area contributed by atoms with E-state index in [4.69, 9.17) is 17.2 Å². The summed E-state index contributed by atoms with van der Waals surface area (Å²) in [6.45, 7) is 0. The Bertz CT molecular complexity index is 1220. The summed E-state index contributed by atoms with van der Waals surface area (Å²) in [5, 5.41) is 25.8. The van der Waals surface area contributed by atoms with Gasteiger partial charge in [-0.05, 0) is 29.7 Å². The lowest BCUT2D eigenvalue weighted by Crippen LogP contribution is -2.58. The average Bonchev–Trinajstić information content (AvgIpc) is 2.88. The second-order valence-corrected chi connectivity index (χ2v) is 9.03. The molecule has 2 aromatic rings. The van der Waals surface area contributed by atoms with Gasteiger partial charge in [-0.3, -0.25) is 24.0 Å². The number of hydrogen-bond acceptors (Lipinski definition) is 8. The highest BCUT2D eigenvalue weighted by molar-refractivity contribution is 5.96. The smallest absolute Gasteiger partial charge is 0.326 e. The molecule has 14 heteroatoms. The first kappa shape index (κ1) is 31.2. The summed E-state index contributed by atoms with van der Waals surface area (Å²) in [6.07, 6.45) is -1.38. The van der Waals surface area contributed by atoms with Gasteiger partial charge in [-0.2, -0.15) is 0 Å². The Morgan fingerprint density at radius 1 is 0.650 bits per heavy atom.